The predicted octanol–water partition coefficient (Wildman–Crippen LogP) is 4.35. The van der Waals surface area contributed by atoms with Crippen molar-refractivity contribution >= 4 is 38.9 Å². The smallest absolute Gasteiger partial charge is 0.336 e. The third-order valence-electron chi connectivity index (χ3n) is 5.99. The normalized spacial score (nSPS) is 20.1. The Hall–Kier alpha value is -2.40. The SMILES string of the molecule is NS(=O)(=O)c1ccc(-c2sc(C(F)(F)C(=O)N3CC4CC4C3)nc2-c2ccc(Cl)cc2)cc1. The molecule has 1 amide bonds. The molecule has 5 rings (SSSR count). The van der Waals surface area contributed by atoms with Crippen LogP contribution in [-0.4, -0.2) is 37.3 Å². The zero-order chi connectivity index (χ0) is 23.5. The molecule has 6 nitrogen and oxygen atoms in total. The molecule has 2 aliphatic rings. The maximum atomic E-state index is 15.3. The van der Waals surface area contributed by atoms with Crippen molar-refractivity contribution in [2.75, 3.05) is 13.1 Å². The van der Waals surface area contributed by atoms with E-state index >= 15 is 8.78 Å². The Morgan fingerprint density at radius 2 is 1.64 bits per heavy atom. The largest absolute Gasteiger partial charge is 0.375 e. The van der Waals surface area contributed by atoms with E-state index in [1.54, 1.807) is 24.3 Å². The van der Waals surface area contributed by atoms with E-state index in [4.69, 9.17) is 16.7 Å². The Labute approximate surface area is 198 Å². The number of sulfonamides is 1. The van der Waals surface area contributed by atoms with Gasteiger partial charge in [-0.05, 0) is 48.1 Å². The average molecular weight is 510 g/mol. The second-order valence-corrected chi connectivity index (χ2v) is 11.3. The van der Waals surface area contributed by atoms with Crippen LogP contribution in [-0.2, 0) is 20.7 Å². The van der Waals surface area contributed by atoms with Crippen molar-refractivity contribution in [3.05, 3.63) is 58.6 Å². The molecule has 172 valence electrons. The maximum absolute atomic E-state index is 15.3. The van der Waals surface area contributed by atoms with Gasteiger partial charge in [-0.3, -0.25) is 4.79 Å². The van der Waals surface area contributed by atoms with Gasteiger partial charge in [0, 0.05) is 23.7 Å². The monoisotopic (exact) mass is 509 g/mol. The summed E-state index contributed by atoms with van der Waals surface area (Å²) in [6, 6.07) is 12.1. The second kappa shape index (κ2) is 7.83. The summed E-state index contributed by atoms with van der Waals surface area (Å²) >= 11 is 6.68. The Kier molecular flexibility index (Phi) is 5.32. The van der Waals surface area contributed by atoms with Crippen LogP contribution in [0.4, 0.5) is 8.78 Å². The molecule has 1 aliphatic heterocycles. The molecule has 2 atom stereocenters. The number of hydrogen-bond acceptors (Lipinski definition) is 5. The quantitative estimate of drug-likeness (QED) is 0.553. The molecule has 1 aliphatic carbocycles. The highest BCUT2D eigenvalue weighted by Crippen LogP contribution is 2.48. The number of nitrogens with two attached hydrogens (primary N) is 1. The highest BCUT2D eigenvalue weighted by atomic mass is 35.5. The number of benzene rings is 2. The van der Waals surface area contributed by atoms with Gasteiger partial charge in [-0.15, -0.1) is 11.3 Å². The molecule has 1 saturated heterocycles. The van der Waals surface area contributed by atoms with Gasteiger partial charge in [-0.2, -0.15) is 8.78 Å². The summed E-state index contributed by atoms with van der Waals surface area (Å²) < 4.78 is 53.7. The van der Waals surface area contributed by atoms with Crippen LogP contribution in [0.3, 0.4) is 0 Å². The van der Waals surface area contributed by atoms with E-state index in [1.807, 2.05) is 0 Å². The number of halogens is 3. The number of rotatable bonds is 5. The number of alkyl halides is 2. The molecule has 1 aromatic heterocycles. The maximum Gasteiger partial charge on any atom is 0.375 e. The number of nitrogens with zero attached hydrogens (tertiary/aromatic N) is 2. The van der Waals surface area contributed by atoms with E-state index in [0.717, 1.165) is 6.42 Å². The minimum absolute atomic E-state index is 0.0999. The summed E-state index contributed by atoms with van der Waals surface area (Å²) in [7, 11) is -3.91. The molecule has 11 heteroatoms. The number of amides is 1. The number of aromatic nitrogens is 1. The lowest BCUT2D eigenvalue weighted by molar-refractivity contribution is -0.158. The number of carbonyl (C=O) groups excluding carboxylic acids is 1. The molecule has 0 bridgehead atoms. The summed E-state index contributed by atoms with van der Waals surface area (Å²) in [6.07, 6.45) is 0.992. The summed E-state index contributed by atoms with van der Waals surface area (Å²) in [5.74, 6) is -4.35. The molecule has 2 N–H and O–H groups in total. The molecule has 3 aromatic rings. The lowest BCUT2D eigenvalue weighted by Gasteiger charge is -2.22. The van der Waals surface area contributed by atoms with Crippen molar-refractivity contribution in [1.29, 1.82) is 0 Å². The minimum Gasteiger partial charge on any atom is -0.336 e. The Bertz CT molecular complexity index is 1330. The van der Waals surface area contributed by atoms with Gasteiger partial charge in [0.1, 0.15) is 0 Å². The summed E-state index contributed by atoms with van der Waals surface area (Å²) in [4.78, 5) is 18.4. The molecule has 2 aromatic carbocycles. The molecule has 0 spiro atoms. The molecule has 0 radical (unpaired) electrons. The molecule has 2 fully saturated rings. The van der Waals surface area contributed by atoms with E-state index < -0.39 is 26.9 Å². The van der Waals surface area contributed by atoms with Crippen molar-refractivity contribution < 1.29 is 22.0 Å². The van der Waals surface area contributed by atoms with Crippen molar-refractivity contribution in [2.24, 2.45) is 17.0 Å². The molecule has 2 heterocycles. The number of primary sulfonamides is 1. The standard InChI is InChI=1S/C22H18ClF2N3O3S2/c23-16-5-1-12(2-6-16)18-19(13-3-7-17(8-4-13)33(26,30)31)32-20(27-18)22(24,25)21(29)28-10-14-9-15(14)11-28/h1-8,14-15H,9-11H2,(H2,26,30,31). The van der Waals surface area contributed by atoms with Crippen LogP contribution < -0.4 is 5.14 Å². The van der Waals surface area contributed by atoms with Crippen LogP contribution in [0.15, 0.2) is 53.4 Å². The highest BCUT2D eigenvalue weighted by Gasteiger charge is 2.54. The first kappa shape index (κ1) is 22.4. The van der Waals surface area contributed by atoms with Crippen LogP contribution in [0.2, 0.25) is 5.02 Å². The van der Waals surface area contributed by atoms with Gasteiger partial charge in [0.2, 0.25) is 10.0 Å². The van der Waals surface area contributed by atoms with Crippen LogP contribution in [0.25, 0.3) is 21.7 Å². The molecular formula is C22H18ClF2N3O3S2. The van der Waals surface area contributed by atoms with Crippen LogP contribution in [0.1, 0.15) is 11.4 Å². The molecular weight excluding hydrogens is 492 g/mol. The number of piperidine rings is 1. The lowest BCUT2D eigenvalue weighted by atomic mass is 10.1. The Balaban J connectivity index is 1.57. The van der Waals surface area contributed by atoms with E-state index in [1.165, 1.54) is 29.2 Å². The van der Waals surface area contributed by atoms with Gasteiger partial charge in [-0.25, -0.2) is 18.5 Å². The van der Waals surface area contributed by atoms with Crippen molar-refractivity contribution in [2.45, 2.75) is 17.2 Å². The zero-order valence-electron chi connectivity index (χ0n) is 17.0. The van der Waals surface area contributed by atoms with E-state index in [2.05, 4.69) is 4.98 Å². The lowest BCUT2D eigenvalue weighted by Crippen LogP contribution is -2.41. The Morgan fingerprint density at radius 1 is 1.06 bits per heavy atom. The summed E-state index contributed by atoms with van der Waals surface area (Å²) in [5, 5.41) is 5.02. The van der Waals surface area contributed by atoms with Crippen molar-refractivity contribution in [3.63, 3.8) is 0 Å². The first-order chi connectivity index (χ1) is 15.5. The molecule has 2 unspecified atom stereocenters. The van der Waals surface area contributed by atoms with Crippen LogP contribution in [0.5, 0.6) is 0 Å². The van der Waals surface area contributed by atoms with E-state index in [9.17, 15) is 13.2 Å². The number of carbonyl (C=O) groups is 1. The predicted molar refractivity (Wildman–Crippen MR) is 121 cm³/mol. The summed E-state index contributed by atoms with van der Waals surface area (Å²) in [6.45, 7) is 0.715. The van der Waals surface area contributed by atoms with E-state index in [-0.39, 0.29) is 10.6 Å². The first-order valence-electron chi connectivity index (χ1n) is 10.1. The number of hydrogen-bond donors (Lipinski definition) is 1. The van der Waals surface area contributed by atoms with Gasteiger partial charge >= 0.3 is 11.8 Å². The van der Waals surface area contributed by atoms with Gasteiger partial charge in [0.15, 0.2) is 5.01 Å². The number of thiazole rings is 1. The average Bonchev–Trinajstić information content (AvgIpc) is 3.18. The van der Waals surface area contributed by atoms with Gasteiger partial charge in [0.05, 0.1) is 15.5 Å². The third-order valence-corrected chi connectivity index (χ3v) is 8.35. The fourth-order valence-electron chi connectivity index (χ4n) is 4.10. The van der Waals surface area contributed by atoms with E-state index in [0.29, 0.717) is 57.3 Å². The van der Waals surface area contributed by atoms with Crippen molar-refractivity contribution in [1.82, 2.24) is 9.88 Å². The molecule has 1 saturated carbocycles. The first-order valence-corrected chi connectivity index (χ1v) is 12.9. The second-order valence-electron chi connectivity index (χ2n) is 8.31. The number of fused-ring (bicyclic) bond motifs is 1. The van der Waals surface area contributed by atoms with Gasteiger partial charge in [-0.1, -0.05) is 35.9 Å². The Morgan fingerprint density at radius 3 is 2.21 bits per heavy atom. The van der Waals surface area contributed by atoms with Crippen LogP contribution in [0, 0.1) is 11.8 Å². The van der Waals surface area contributed by atoms with Crippen molar-refractivity contribution in [3.8, 4) is 21.7 Å². The van der Waals surface area contributed by atoms with Crippen LogP contribution >= 0.6 is 22.9 Å². The minimum atomic E-state index is -3.91. The zero-order valence-corrected chi connectivity index (χ0v) is 19.4. The topological polar surface area (TPSA) is 93.4 Å². The van der Waals surface area contributed by atoms with Gasteiger partial charge < -0.3 is 4.90 Å². The summed E-state index contributed by atoms with van der Waals surface area (Å²) in [5.41, 5.74) is 1.27. The molecule has 33 heavy (non-hydrogen) atoms. The highest BCUT2D eigenvalue weighted by molar-refractivity contribution is 7.89. The number of likely N-dealkylation sites (tertiary alicyclic amines) is 1. The third kappa shape index (κ3) is 4.16. The van der Waals surface area contributed by atoms with Gasteiger partial charge in [0.25, 0.3) is 0 Å². The fourth-order valence-corrected chi connectivity index (χ4v) is 5.80. The fraction of sp³-hybridized carbons (Fsp3) is 0.273.